The fourth-order valence-electron chi connectivity index (χ4n) is 4.11. The first-order chi connectivity index (χ1) is 13.9. The smallest absolute Gasteiger partial charge is 0.252 e. The van der Waals surface area contributed by atoms with E-state index in [2.05, 4.69) is 15.1 Å². The van der Waals surface area contributed by atoms with Gasteiger partial charge in [0.05, 0.1) is 5.41 Å². The molecule has 0 unspecified atom stereocenters. The average molecular weight is 392 g/mol. The van der Waals surface area contributed by atoms with Crippen LogP contribution in [0.4, 0.5) is 0 Å². The number of carbonyl (C=O) groups excluding carboxylic acids is 2. The van der Waals surface area contributed by atoms with Gasteiger partial charge in [0, 0.05) is 30.9 Å². The van der Waals surface area contributed by atoms with Gasteiger partial charge in [-0.15, -0.1) is 0 Å². The Morgan fingerprint density at radius 3 is 2.59 bits per heavy atom. The van der Waals surface area contributed by atoms with E-state index in [1.807, 2.05) is 44.2 Å². The van der Waals surface area contributed by atoms with Gasteiger partial charge in [0.2, 0.25) is 11.8 Å². The maximum atomic E-state index is 12.7. The lowest BCUT2D eigenvalue weighted by atomic mass is 9.74. The number of hydrogen-bond donors (Lipinski definition) is 1. The van der Waals surface area contributed by atoms with Crippen molar-refractivity contribution in [2.24, 2.45) is 11.1 Å². The van der Waals surface area contributed by atoms with Gasteiger partial charge in [0.1, 0.15) is 6.33 Å². The molecule has 3 heterocycles. The first-order valence-electron chi connectivity index (χ1n) is 9.67. The number of primary amides is 1. The summed E-state index contributed by atoms with van der Waals surface area (Å²) in [7, 11) is 0. The molecular formula is C21H24N6O2. The minimum atomic E-state index is -0.677. The Balaban J connectivity index is 1.41. The summed E-state index contributed by atoms with van der Waals surface area (Å²) in [5.41, 5.74) is 8.87. The minimum absolute atomic E-state index is 0.0208. The maximum absolute atomic E-state index is 12.7. The van der Waals surface area contributed by atoms with Crippen molar-refractivity contribution in [3.8, 4) is 0 Å². The lowest BCUT2D eigenvalue weighted by molar-refractivity contribution is -0.151. The standard InChI is InChI=1S/C21H24N6O2/c1-14-17(15(2)27-20(25-14)23-13-24-27)8-9-18(28)26-11-21(12-26,19(22)29)10-16-6-4-3-5-7-16/h3-7,13H,8-12H2,1-2H3,(H2,22,29). The van der Waals surface area contributed by atoms with Crippen molar-refractivity contribution in [2.45, 2.75) is 33.1 Å². The first-order valence-corrected chi connectivity index (χ1v) is 9.67. The lowest BCUT2D eigenvalue weighted by Gasteiger charge is -2.48. The van der Waals surface area contributed by atoms with Crippen molar-refractivity contribution in [2.75, 3.05) is 13.1 Å². The number of rotatable bonds is 6. The molecule has 1 aromatic carbocycles. The van der Waals surface area contributed by atoms with Gasteiger partial charge >= 0.3 is 0 Å². The predicted molar refractivity (Wildman–Crippen MR) is 107 cm³/mol. The van der Waals surface area contributed by atoms with E-state index in [9.17, 15) is 9.59 Å². The van der Waals surface area contributed by atoms with Gasteiger partial charge in [0.15, 0.2) is 0 Å². The summed E-state index contributed by atoms with van der Waals surface area (Å²) >= 11 is 0. The topological polar surface area (TPSA) is 106 Å². The molecule has 2 amide bonds. The second-order valence-electron chi connectivity index (χ2n) is 7.79. The molecule has 1 fully saturated rings. The third-order valence-corrected chi connectivity index (χ3v) is 5.83. The monoisotopic (exact) mass is 392 g/mol. The second kappa shape index (κ2) is 7.27. The van der Waals surface area contributed by atoms with E-state index in [-0.39, 0.29) is 11.8 Å². The Morgan fingerprint density at radius 2 is 1.90 bits per heavy atom. The fraction of sp³-hybridized carbons (Fsp3) is 0.381. The number of aryl methyl sites for hydroxylation is 2. The van der Waals surface area contributed by atoms with Crippen LogP contribution in [0.3, 0.4) is 0 Å². The van der Waals surface area contributed by atoms with Crippen molar-refractivity contribution in [1.82, 2.24) is 24.5 Å². The number of nitrogens with two attached hydrogens (primary N) is 1. The molecule has 8 nitrogen and oxygen atoms in total. The maximum Gasteiger partial charge on any atom is 0.252 e. The molecular weight excluding hydrogens is 368 g/mol. The number of fused-ring (bicyclic) bond motifs is 1. The van der Waals surface area contributed by atoms with E-state index in [4.69, 9.17) is 5.73 Å². The molecule has 2 aromatic heterocycles. The van der Waals surface area contributed by atoms with E-state index in [0.29, 0.717) is 38.1 Å². The Kier molecular flexibility index (Phi) is 4.77. The van der Waals surface area contributed by atoms with Crippen molar-refractivity contribution < 1.29 is 9.59 Å². The van der Waals surface area contributed by atoms with E-state index in [1.165, 1.54) is 6.33 Å². The first kappa shape index (κ1) is 19.0. The Morgan fingerprint density at radius 1 is 1.17 bits per heavy atom. The van der Waals surface area contributed by atoms with Crippen LogP contribution in [0.5, 0.6) is 0 Å². The van der Waals surface area contributed by atoms with Gasteiger partial charge in [-0.25, -0.2) is 9.50 Å². The molecule has 0 aliphatic carbocycles. The number of hydrogen-bond acceptors (Lipinski definition) is 5. The molecule has 0 bridgehead atoms. The third-order valence-electron chi connectivity index (χ3n) is 5.83. The molecule has 1 aliphatic heterocycles. The quantitative estimate of drug-likeness (QED) is 0.679. The highest BCUT2D eigenvalue weighted by Crippen LogP contribution is 2.34. The van der Waals surface area contributed by atoms with Crippen molar-refractivity contribution in [3.05, 3.63) is 59.2 Å². The lowest BCUT2D eigenvalue weighted by Crippen LogP contribution is -2.64. The van der Waals surface area contributed by atoms with Crippen LogP contribution in [0.2, 0.25) is 0 Å². The summed E-state index contributed by atoms with van der Waals surface area (Å²) in [6, 6.07) is 9.78. The zero-order valence-corrected chi connectivity index (χ0v) is 16.6. The molecule has 0 atom stereocenters. The van der Waals surface area contributed by atoms with Crippen LogP contribution in [0.1, 0.15) is 28.9 Å². The van der Waals surface area contributed by atoms with Gasteiger partial charge < -0.3 is 10.6 Å². The number of nitrogens with zero attached hydrogens (tertiary/aromatic N) is 5. The highest BCUT2D eigenvalue weighted by Gasteiger charge is 2.49. The highest BCUT2D eigenvalue weighted by atomic mass is 16.2. The van der Waals surface area contributed by atoms with Gasteiger partial charge in [0.25, 0.3) is 5.78 Å². The molecule has 2 N–H and O–H groups in total. The van der Waals surface area contributed by atoms with Crippen molar-refractivity contribution in [3.63, 3.8) is 0 Å². The van der Waals surface area contributed by atoms with Crippen LogP contribution in [0.25, 0.3) is 5.78 Å². The van der Waals surface area contributed by atoms with E-state index in [1.54, 1.807) is 9.42 Å². The molecule has 0 spiro atoms. The molecule has 1 aliphatic rings. The largest absolute Gasteiger partial charge is 0.369 e. The summed E-state index contributed by atoms with van der Waals surface area (Å²) in [6.45, 7) is 4.61. The summed E-state index contributed by atoms with van der Waals surface area (Å²) in [5.74, 6) is 0.232. The van der Waals surface area contributed by atoms with Crippen molar-refractivity contribution in [1.29, 1.82) is 0 Å². The van der Waals surface area contributed by atoms with E-state index in [0.717, 1.165) is 22.5 Å². The Bertz CT molecular complexity index is 1070. The molecule has 8 heteroatoms. The summed E-state index contributed by atoms with van der Waals surface area (Å²) in [5, 5.41) is 4.18. The second-order valence-corrected chi connectivity index (χ2v) is 7.79. The van der Waals surface area contributed by atoms with Gasteiger partial charge in [-0.2, -0.15) is 10.1 Å². The summed E-state index contributed by atoms with van der Waals surface area (Å²) < 4.78 is 1.69. The number of carbonyl (C=O) groups is 2. The zero-order chi connectivity index (χ0) is 20.6. The van der Waals surface area contributed by atoms with Crippen LogP contribution in [-0.2, 0) is 22.4 Å². The molecule has 1 saturated heterocycles. The van der Waals surface area contributed by atoms with Gasteiger partial charge in [-0.3, -0.25) is 9.59 Å². The van der Waals surface area contributed by atoms with Crippen LogP contribution in [0.15, 0.2) is 36.7 Å². The normalized spacial score (nSPS) is 15.3. The fourth-order valence-corrected chi connectivity index (χ4v) is 4.11. The Labute approximate surface area is 168 Å². The molecule has 4 rings (SSSR count). The van der Waals surface area contributed by atoms with Crippen LogP contribution < -0.4 is 5.73 Å². The third kappa shape index (κ3) is 3.46. The van der Waals surface area contributed by atoms with Gasteiger partial charge in [-0.05, 0) is 37.8 Å². The Hall–Kier alpha value is -3.29. The van der Waals surface area contributed by atoms with Gasteiger partial charge in [-0.1, -0.05) is 30.3 Å². The van der Waals surface area contributed by atoms with Crippen molar-refractivity contribution >= 4 is 17.6 Å². The van der Waals surface area contributed by atoms with E-state index >= 15 is 0 Å². The van der Waals surface area contributed by atoms with Crippen LogP contribution in [0, 0.1) is 19.3 Å². The molecule has 29 heavy (non-hydrogen) atoms. The van der Waals surface area contributed by atoms with E-state index < -0.39 is 5.41 Å². The number of amides is 2. The summed E-state index contributed by atoms with van der Waals surface area (Å²) in [6.07, 6.45) is 2.94. The van der Waals surface area contributed by atoms with Crippen LogP contribution >= 0.6 is 0 Å². The highest BCUT2D eigenvalue weighted by molar-refractivity contribution is 5.87. The molecule has 3 aromatic rings. The average Bonchev–Trinajstić information content (AvgIpc) is 3.13. The minimum Gasteiger partial charge on any atom is -0.369 e. The molecule has 0 radical (unpaired) electrons. The van der Waals surface area contributed by atoms with Crippen LogP contribution in [-0.4, -0.2) is 49.4 Å². The zero-order valence-electron chi connectivity index (χ0n) is 16.6. The predicted octanol–water partition coefficient (Wildman–Crippen LogP) is 1.23. The number of aromatic nitrogens is 4. The SMILES string of the molecule is Cc1nc2ncnn2c(C)c1CCC(=O)N1CC(Cc2ccccc2)(C(N)=O)C1. The number of benzene rings is 1. The number of likely N-dealkylation sites (tertiary alicyclic amines) is 1. The molecule has 0 saturated carbocycles. The summed E-state index contributed by atoms with van der Waals surface area (Å²) in [4.78, 5) is 35.1. The molecule has 150 valence electrons.